The van der Waals surface area contributed by atoms with Crippen molar-refractivity contribution in [3.63, 3.8) is 0 Å². The van der Waals surface area contributed by atoms with Crippen LogP contribution in [0.4, 0.5) is 19.0 Å². The maximum Gasteiger partial charge on any atom is 0.416 e. The first kappa shape index (κ1) is 19.7. The van der Waals surface area contributed by atoms with Crippen molar-refractivity contribution in [2.45, 2.75) is 13.1 Å². The number of pyridine rings is 1. The minimum Gasteiger partial charge on any atom is -0.384 e. The lowest BCUT2D eigenvalue weighted by atomic mass is 9.95. The predicted octanol–water partition coefficient (Wildman–Crippen LogP) is 4.16. The van der Waals surface area contributed by atoms with Gasteiger partial charge in [0.2, 0.25) is 0 Å². The Bertz CT molecular complexity index is 1240. The number of anilines is 1. The lowest BCUT2D eigenvalue weighted by molar-refractivity contribution is -0.137. The second-order valence-electron chi connectivity index (χ2n) is 6.29. The fraction of sp³-hybridized carbons (Fsp3) is 0.0952. The van der Waals surface area contributed by atoms with Gasteiger partial charge in [0.15, 0.2) is 0 Å². The SMILES string of the molecule is Cc1ccc(-c2c(C#N)c(N)n(-c3cccc(C(F)(F)F)c3)c(=O)c2C#N)cc1. The molecule has 5 nitrogen and oxygen atoms in total. The van der Waals surface area contributed by atoms with Gasteiger partial charge in [0.05, 0.1) is 11.3 Å². The first-order valence-electron chi connectivity index (χ1n) is 8.32. The normalized spacial score (nSPS) is 11.0. The Balaban J connectivity index is 2.39. The topological polar surface area (TPSA) is 95.6 Å². The van der Waals surface area contributed by atoms with E-state index in [-0.39, 0.29) is 28.2 Å². The lowest BCUT2D eigenvalue weighted by Crippen LogP contribution is -2.26. The molecular weight excluding hydrogens is 381 g/mol. The van der Waals surface area contributed by atoms with Crippen molar-refractivity contribution >= 4 is 5.82 Å². The molecule has 0 saturated carbocycles. The summed E-state index contributed by atoms with van der Waals surface area (Å²) >= 11 is 0. The quantitative estimate of drug-likeness (QED) is 0.706. The van der Waals surface area contributed by atoms with Gasteiger partial charge in [-0.2, -0.15) is 23.7 Å². The minimum absolute atomic E-state index is 0.0562. The predicted molar refractivity (Wildman–Crippen MR) is 101 cm³/mol. The number of nitrogens with two attached hydrogens (primary N) is 1. The van der Waals surface area contributed by atoms with Gasteiger partial charge in [-0.1, -0.05) is 35.9 Å². The Morgan fingerprint density at radius 2 is 1.62 bits per heavy atom. The highest BCUT2D eigenvalue weighted by atomic mass is 19.4. The van der Waals surface area contributed by atoms with Crippen molar-refractivity contribution in [1.29, 1.82) is 10.5 Å². The highest BCUT2D eigenvalue weighted by Gasteiger charge is 2.31. The average Bonchev–Trinajstić information content (AvgIpc) is 2.68. The van der Waals surface area contributed by atoms with Gasteiger partial charge in [-0.3, -0.25) is 9.36 Å². The van der Waals surface area contributed by atoms with Crippen molar-refractivity contribution in [2.75, 3.05) is 5.73 Å². The summed E-state index contributed by atoms with van der Waals surface area (Å²) < 4.78 is 40.0. The zero-order valence-electron chi connectivity index (χ0n) is 15.1. The highest BCUT2D eigenvalue weighted by Crippen LogP contribution is 2.33. The molecule has 0 unspecified atom stereocenters. The minimum atomic E-state index is -4.63. The lowest BCUT2D eigenvalue weighted by Gasteiger charge is -2.17. The Morgan fingerprint density at radius 1 is 1.00 bits per heavy atom. The van der Waals surface area contributed by atoms with E-state index in [9.17, 15) is 28.5 Å². The largest absolute Gasteiger partial charge is 0.416 e. The molecule has 0 saturated heterocycles. The van der Waals surface area contributed by atoms with Crippen LogP contribution in [0.5, 0.6) is 0 Å². The summed E-state index contributed by atoms with van der Waals surface area (Å²) in [6.07, 6.45) is -4.63. The Labute approximate surface area is 163 Å². The second kappa shape index (κ2) is 7.17. The molecule has 29 heavy (non-hydrogen) atoms. The number of benzene rings is 2. The molecule has 2 N–H and O–H groups in total. The van der Waals surface area contributed by atoms with Crippen LogP contribution in [0.1, 0.15) is 22.3 Å². The maximum atomic E-state index is 13.1. The number of nitriles is 2. The van der Waals surface area contributed by atoms with Crippen LogP contribution in [-0.4, -0.2) is 4.57 Å². The van der Waals surface area contributed by atoms with Crippen molar-refractivity contribution in [2.24, 2.45) is 0 Å². The summed E-state index contributed by atoms with van der Waals surface area (Å²) in [7, 11) is 0. The monoisotopic (exact) mass is 394 g/mol. The van der Waals surface area contributed by atoms with E-state index < -0.39 is 17.3 Å². The Hall–Kier alpha value is -4.04. The molecule has 0 radical (unpaired) electrons. The van der Waals surface area contributed by atoms with Crippen LogP contribution in [0, 0.1) is 29.6 Å². The van der Waals surface area contributed by atoms with Crippen molar-refractivity contribution in [1.82, 2.24) is 4.57 Å². The molecule has 0 bridgehead atoms. The number of aromatic nitrogens is 1. The highest BCUT2D eigenvalue weighted by molar-refractivity contribution is 5.81. The van der Waals surface area contributed by atoms with E-state index in [1.807, 2.05) is 13.0 Å². The van der Waals surface area contributed by atoms with Gasteiger partial charge < -0.3 is 5.73 Å². The number of alkyl halides is 3. The van der Waals surface area contributed by atoms with Crippen LogP contribution in [0.15, 0.2) is 53.3 Å². The Kier molecular flexibility index (Phi) is 4.88. The molecule has 0 fully saturated rings. The molecule has 2 aromatic carbocycles. The first-order valence-corrected chi connectivity index (χ1v) is 8.32. The number of rotatable bonds is 2. The van der Waals surface area contributed by atoms with Gasteiger partial charge in [0, 0.05) is 5.56 Å². The van der Waals surface area contributed by atoms with Crippen LogP contribution >= 0.6 is 0 Å². The van der Waals surface area contributed by atoms with Crippen molar-refractivity contribution in [3.05, 3.63) is 81.1 Å². The molecular formula is C21H13F3N4O. The van der Waals surface area contributed by atoms with Crippen LogP contribution in [-0.2, 0) is 6.18 Å². The zero-order valence-corrected chi connectivity index (χ0v) is 15.1. The van der Waals surface area contributed by atoms with Gasteiger partial charge >= 0.3 is 6.18 Å². The molecule has 3 rings (SSSR count). The standard InChI is InChI=1S/C21H13F3N4O/c1-12-5-7-13(8-6-12)18-16(10-25)19(27)28(20(29)17(18)11-26)15-4-2-3-14(9-15)21(22,23)24/h2-9H,27H2,1H3. The average molecular weight is 394 g/mol. The summed E-state index contributed by atoms with van der Waals surface area (Å²) in [5.74, 6) is -0.341. The Morgan fingerprint density at radius 3 is 2.17 bits per heavy atom. The van der Waals surface area contributed by atoms with Gasteiger partial charge in [-0.25, -0.2) is 0 Å². The van der Waals surface area contributed by atoms with E-state index in [0.717, 1.165) is 28.3 Å². The molecule has 1 aromatic heterocycles. The van der Waals surface area contributed by atoms with Crippen LogP contribution in [0.25, 0.3) is 16.8 Å². The first-order chi connectivity index (χ1) is 13.7. The molecule has 1 heterocycles. The van der Waals surface area contributed by atoms with Gasteiger partial charge in [-0.15, -0.1) is 0 Å². The molecule has 0 aliphatic rings. The molecule has 0 spiro atoms. The number of hydrogen-bond donors (Lipinski definition) is 1. The van der Waals surface area contributed by atoms with Crippen molar-refractivity contribution < 1.29 is 13.2 Å². The summed E-state index contributed by atoms with van der Waals surface area (Å²) in [6.45, 7) is 1.85. The number of halogens is 3. The van der Waals surface area contributed by atoms with Crippen LogP contribution in [0.3, 0.4) is 0 Å². The smallest absolute Gasteiger partial charge is 0.384 e. The maximum absolute atomic E-state index is 13.1. The third kappa shape index (κ3) is 3.44. The van der Waals surface area contributed by atoms with E-state index in [4.69, 9.17) is 5.73 Å². The third-order valence-electron chi connectivity index (χ3n) is 4.41. The van der Waals surface area contributed by atoms with E-state index in [0.29, 0.717) is 5.56 Å². The molecule has 0 amide bonds. The fourth-order valence-electron chi connectivity index (χ4n) is 3.00. The molecule has 0 atom stereocenters. The van der Waals surface area contributed by atoms with Crippen LogP contribution in [0.2, 0.25) is 0 Å². The van der Waals surface area contributed by atoms with Crippen molar-refractivity contribution in [3.8, 4) is 29.0 Å². The molecule has 8 heteroatoms. The molecule has 144 valence electrons. The third-order valence-corrected chi connectivity index (χ3v) is 4.41. The number of aryl methyl sites for hydroxylation is 1. The number of hydrogen-bond acceptors (Lipinski definition) is 4. The summed E-state index contributed by atoms with van der Waals surface area (Å²) in [5, 5.41) is 19.2. The molecule has 0 aliphatic heterocycles. The van der Waals surface area contributed by atoms with E-state index in [1.54, 1.807) is 30.3 Å². The number of nitrogen functional groups attached to an aromatic ring is 1. The summed E-state index contributed by atoms with van der Waals surface area (Å²) in [4.78, 5) is 13.0. The van der Waals surface area contributed by atoms with Crippen LogP contribution < -0.4 is 11.3 Å². The molecule has 3 aromatic rings. The second-order valence-corrected chi connectivity index (χ2v) is 6.29. The summed E-state index contributed by atoms with van der Waals surface area (Å²) in [6, 6.07) is 14.4. The molecule has 0 aliphatic carbocycles. The summed E-state index contributed by atoms with van der Waals surface area (Å²) in [5.41, 5.74) is 4.82. The zero-order chi connectivity index (χ0) is 21.3. The van der Waals surface area contributed by atoms with E-state index >= 15 is 0 Å². The van der Waals surface area contributed by atoms with Gasteiger partial charge in [-0.05, 0) is 30.7 Å². The fourth-order valence-corrected chi connectivity index (χ4v) is 3.00. The van der Waals surface area contributed by atoms with E-state index in [1.165, 1.54) is 6.07 Å². The van der Waals surface area contributed by atoms with Gasteiger partial charge in [0.25, 0.3) is 5.56 Å². The van der Waals surface area contributed by atoms with E-state index in [2.05, 4.69) is 0 Å². The van der Waals surface area contributed by atoms with Gasteiger partial charge in [0.1, 0.15) is 29.1 Å². The number of nitrogens with zero attached hydrogens (tertiary/aromatic N) is 3.